The van der Waals surface area contributed by atoms with Crippen LogP contribution in [0.4, 0.5) is 4.39 Å². The lowest BCUT2D eigenvalue weighted by Gasteiger charge is -2.03. The molecule has 0 bridgehead atoms. The van der Waals surface area contributed by atoms with Crippen LogP contribution in [0.15, 0.2) is 0 Å². The number of alkyl halides is 1. The van der Waals surface area contributed by atoms with Crippen LogP contribution in [0.3, 0.4) is 0 Å². The van der Waals surface area contributed by atoms with Crippen molar-refractivity contribution in [2.45, 2.75) is 25.6 Å². The third-order valence-corrected chi connectivity index (χ3v) is 0.833. The van der Waals surface area contributed by atoms with Gasteiger partial charge in [0.2, 0.25) is 0 Å². The van der Waals surface area contributed by atoms with E-state index < -0.39 is 18.2 Å². The van der Waals surface area contributed by atoms with E-state index in [-0.39, 0.29) is 6.42 Å². The molecule has 4 heteroatoms. The Labute approximate surface area is 52.1 Å². The van der Waals surface area contributed by atoms with E-state index in [1.165, 1.54) is 6.92 Å². The van der Waals surface area contributed by atoms with Crippen molar-refractivity contribution in [1.29, 1.82) is 0 Å². The Bertz CT molecular complexity index is 102. The third kappa shape index (κ3) is 3.90. The largest absolute Gasteiger partial charge is 0.479 e. The van der Waals surface area contributed by atoms with Gasteiger partial charge in [0.1, 0.15) is 6.17 Å². The van der Waals surface area contributed by atoms with E-state index in [2.05, 4.69) is 0 Å². The number of carboxylic acid groups (broad SMARTS) is 1. The Kier molecular flexibility index (Phi) is 3.16. The number of aliphatic carboxylic acids is 1. The van der Waals surface area contributed by atoms with Crippen molar-refractivity contribution in [2.75, 3.05) is 0 Å². The molecule has 2 N–H and O–H groups in total. The summed E-state index contributed by atoms with van der Waals surface area (Å²) in [6, 6.07) is 0. The van der Waals surface area contributed by atoms with Crippen LogP contribution in [0.5, 0.6) is 0 Å². The van der Waals surface area contributed by atoms with Gasteiger partial charge < -0.3 is 10.2 Å². The van der Waals surface area contributed by atoms with Gasteiger partial charge in [-0.1, -0.05) is 0 Å². The molecule has 0 aromatic rings. The van der Waals surface area contributed by atoms with Gasteiger partial charge in [0, 0.05) is 6.42 Å². The molecular weight excluding hydrogens is 127 g/mol. The minimum Gasteiger partial charge on any atom is -0.479 e. The highest BCUT2D eigenvalue weighted by molar-refractivity contribution is 5.71. The van der Waals surface area contributed by atoms with Crippen LogP contribution in [0.1, 0.15) is 13.3 Å². The van der Waals surface area contributed by atoms with Gasteiger partial charge in [0.25, 0.3) is 0 Å². The molecule has 0 amide bonds. The lowest BCUT2D eigenvalue weighted by Crippen LogP contribution is -2.22. The predicted molar refractivity (Wildman–Crippen MR) is 28.8 cm³/mol. The number of carboxylic acids is 1. The summed E-state index contributed by atoms with van der Waals surface area (Å²) in [6.07, 6.45) is -3.17. The summed E-state index contributed by atoms with van der Waals surface area (Å²) >= 11 is 0. The van der Waals surface area contributed by atoms with E-state index in [1.54, 1.807) is 0 Å². The van der Waals surface area contributed by atoms with Crippen molar-refractivity contribution in [3.8, 4) is 0 Å². The monoisotopic (exact) mass is 136 g/mol. The van der Waals surface area contributed by atoms with Crippen molar-refractivity contribution >= 4 is 5.97 Å². The van der Waals surface area contributed by atoms with Gasteiger partial charge >= 0.3 is 5.97 Å². The van der Waals surface area contributed by atoms with Gasteiger partial charge in [0.05, 0.1) is 0 Å². The highest BCUT2D eigenvalue weighted by atomic mass is 19.1. The molecule has 0 aliphatic rings. The van der Waals surface area contributed by atoms with E-state index in [4.69, 9.17) is 10.2 Å². The molecule has 0 aromatic heterocycles. The standard InChI is InChI=1S/C5H9FO3/c1-3(6)2-4(7)5(8)9/h3-4,7H,2H2,1H3,(H,8,9)/t3?,4-/m0/s1. The molecule has 0 aliphatic carbocycles. The van der Waals surface area contributed by atoms with Crippen LogP contribution in [-0.2, 0) is 4.79 Å². The highest BCUT2D eigenvalue weighted by Crippen LogP contribution is 2.00. The minimum atomic E-state index is -1.56. The summed E-state index contributed by atoms with van der Waals surface area (Å²) < 4.78 is 11.9. The summed E-state index contributed by atoms with van der Waals surface area (Å²) in [5.41, 5.74) is 0. The van der Waals surface area contributed by atoms with Crippen LogP contribution in [-0.4, -0.2) is 28.5 Å². The summed E-state index contributed by atoms with van der Waals surface area (Å²) in [6.45, 7) is 1.20. The molecule has 54 valence electrons. The van der Waals surface area contributed by atoms with E-state index >= 15 is 0 Å². The molecule has 2 atom stereocenters. The summed E-state index contributed by atoms with van der Waals surface area (Å²) in [7, 11) is 0. The highest BCUT2D eigenvalue weighted by Gasteiger charge is 2.15. The number of carbonyl (C=O) groups is 1. The number of rotatable bonds is 3. The SMILES string of the molecule is CC(F)C[C@H](O)C(=O)O. The Hall–Kier alpha value is -0.640. The lowest BCUT2D eigenvalue weighted by atomic mass is 10.2. The zero-order valence-corrected chi connectivity index (χ0v) is 5.04. The second kappa shape index (κ2) is 3.40. The zero-order valence-electron chi connectivity index (χ0n) is 5.04. The van der Waals surface area contributed by atoms with Crippen molar-refractivity contribution in [3.05, 3.63) is 0 Å². The molecule has 0 heterocycles. The quantitative estimate of drug-likeness (QED) is 0.581. The Morgan fingerprint density at radius 3 is 2.33 bits per heavy atom. The summed E-state index contributed by atoms with van der Waals surface area (Å²) in [5, 5.41) is 16.5. The normalized spacial score (nSPS) is 16.8. The first-order chi connectivity index (χ1) is 4.04. The first-order valence-electron chi connectivity index (χ1n) is 2.59. The van der Waals surface area contributed by atoms with Gasteiger partial charge in [-0.3, -0.25) is 0 Å². The van der Waals surface area contributed by atoms with E-state index in [0.717, 1.165) is 0 Å². The maximum absolute atomic E-state index is 11.9. The maximum Gasteiger partial charge on any atom is 0.332 e. The molecule has 0 fully saturated rings. The molecule has 0 saturated carbocycles. The molecule has 9 heavy (non-hydrogen) atoms. The first kappa shape index (κ1) is 8.36. The van der Waals surface area contributed by atoms with Crippen molar-refractivity contribution in [2.24, 2.45) is 0 Å². The fraction of sp³-hybridized carbons (Fsp3) is 0.800. The second-order valence-corrected chi connectivity index (χ2v) is 1.87. The molecule has 0 aromatic carbocycles. The summed E-state index contributed by atoms with van der Waals surface area (Å²) in [4.78, 5) is 9.82. The van der Waals surface area contributed by atoms with Crippen molar-refractivity contribution in [1.82, 2.24) is 0 Å². The number of aliphatic hydroxyl groups is 1. The molecule has 0 saturated heterocycles. The second-order valence-electron chi connectivity index (χ2n) is 1.87. The molecule has 0 radical (unpaired) electrons. The van der Waals surface area contributed by atoms with Gasteiger partial charge in [-0.2, -0.15) is 0 Å². The van der Waals surface area contributed by atoms with E-state index in [9.17, 15) is 9.18 Å². The fourth-order valence-corrected chi connectivity index (χ4v) is 0.408. The predicted octanol–water partition coefficient (Wildman–Crippen LogP) is 0.180. The van der Waals surface area contributed by atoms with Gasteiger partial charge in [0.15, 0.2) is 6.10 Å². The van der Waals surface area contributed by atoms with E-state index in [0.29, 0.717) is 0 Å². The van der Waals surface area contributed by atoms with Crippen LogP contribution in [0, 0.1) is 0 Å². The summed E-state index contributed by atoms with van der Waals surface area (Å²) in [5.74, 6) is -1.38. The number of aliphatic hydroxyl groups excluding tert-OH is 1. The molecule has 3 nitrogen and oxygen atoms in total. The van der Waals surface area contributed by atoms with Gasteiger partial charge in [-0.05, 0) is 6.92 Å². The number of hydrogen-bond donors (Lipinski definition) is 2. The fourth-order valence-electron chi connectivity index (χ4n) is 0.408. The number of hydrogen-bond acceptors (Lipinski definition) is 2. The third-order valence-electron chi connectivity index (χ3n) is 0.833. The average molecular weight is 136 g/mol. The van der Waals surface area contributed by atoms with E-state index in [1.807, 2.05) is 0 Å². The molecule has 0 rings (SSSR count). The Balaban J connectivity index is 3.50. The van der Waals surface area contributed by atoms with Crippen LogP contribution in [0.25, 0.3) is 0 Å². The van der Waals surface area contributed by atoms with Gasteiger partial charge in [-0.25, -0.2) is 9.18 Å². The topological polar surface area (TPSA) is 57.5 Å². The van der Waals surface area contributed by atoms with Crippen molar-refractivity contribution in [3.63, 3.8) is 0 Å². The average Bonchev–Trinajstić information content (AvgIpc) is 1.63. The maximum atomic E-state index is 11.9. The molecule has 0 spiro atoms. The Morgan fingerprint density at radius 1 is 1.78 bits per heavy atom. The molecule has 1 unspecified atom stereocenters. The smallest absolute Gasteiger partial charge is 0.332 e. The van der Waals surface area contributed by atoms with Crippen LogP contribution in [0.2, 0.25) is 0 Å². The van der Waals surface area contributed by atoms with Crippen LogP contribution >= 0.6 is 0 Å². The molecular formula is C5H9FO3. The minimum absolute atomic E-state index is 0.338. The van der Waals surface area contributed by atoms with Gasteiger partial charge in [-0.15, -0.1) is 0 Å². The lowest BCUT2D eigenvalue weighted by molar-refractivity contribution is -0.147. The first-order valence-corrected chi connectivity index (χ1v) is 2.59. The van der Waals surface area contributed by atoms with Crippen molar-refractivity contribution < 1.29 is 19.4 Å². The zero-order chi connectivity index (χ0) is 7.44. The Morgan fingerprint density at radius 2 is 2.22 bits per heavy atom. The number of halogens is 1. The molecule has 0 aliphatic heterocycles. The van der Waals surface area contributed by atoms with Crippen LogP contribution < -0.4 is 0 Å².